The van der Waals surface area contributed by atoms with E-state index in [1.165, 1.54) is 6.92 Å². The van der Waals surface area contributed by atoms with Crippen LogP contribution in [-0.4, -0.2) is 28.3 Å². The van der Waals surface area contributed by atoms with E-state index in [0.29, 0.717) is 24.2 Å². The van der Waals surface area contributed by atoms with Crippen molar-refractivity contribution in [1.29, 1.82) is 0 Å². The quantitative estimate of drug-likeness (QED) is 0.445. The van der Waals surface area contributed by atoms with Gasteiger partial charge in [0.2, 0.25) is 11.8 Å². The van der Waals surface area contributed by atoms with Crippen LogP contribution in [0, 0.1) is 0 Å². The lowest BCUT2D eigenvalue weighted by Crippen LogP contribution is -2.13. The number of nitrogens with one attached hydrogen (secondary N) is 2. The molecule has 2 aromatic heterocycles. The number of amides is 2. The molecule has 4 rings (SSSR count). The molecule has 158 valence electrons. The van der Waals surface area contributed by atoms with Crippen molar-refractivity contribution in [3.63, 3.8) is 0 Å². The Labute approximate surface area is 183 Å². The van der Waals surface area contributed by atoms with E-state index < -0.39 is 0 Å². The molecule has 0 spiro atoms. The molecule has 0 radical (unpaired) electrons. The van der Waals surface area contributed by atoms with Gasteiger partial charge in [0.25, 0.3) is 0 Å². The fourth-order valence-corrected chi connectivity index (χ4v) is 4.16. The number of fused-ring (bicyclic) bond motifs is 1. The van der Waals surface area contributed by atoms with Gasteiger partial charge < -0.3 is 15.4 Å². The molecule has 31 heavy (non-hydrogen) atoms. The Balaban J connectivity index is 1.41. The number of rotatable bonds is 7. The first kappa shape index (κ1) is 20.6. The van der Waals surface area contributed by atoms with E-state index in [4.69, 9.17) is 9.72 Å². The molecule has 2 heterocycles. The summed E-state index contributed by atoms with van der Waals surface area (Å²) in [5.41, 5.74) is 4.23. The second-order valence-electron chi connectivity index (χ2n) is 7.04. The van der Waals surface area contributed by atoms with Crippen LogP contribution < -0.4 is 15.4 Å². The predicted molar refractivity (Wildman–Crippen MR) is 123 cm³/mol. The Kier molecular flexibility index (Phi) is 5.99. The Morgan fingerprint density at radius 2 is 1.84 bits per heavy atom. The number of hydrogen-bond acceptors (Lipinski definition) is 5. The molecule has 0 unspecified atom stereocenters. The van der Waals surface area contributed by atoms with Crippen molar-refractivity contribution in [3.8, 4) is 17.0 Å². The van der Waals surface area contributed by atoms with Crippen LogP contribution in [0.1, 0.15) is 19.0 Å². The highest BCUT2D eigenvalue weighted by Gasteiger charge is 2.12. The maximum absolute atomic E-state index is 12.4. The fraction of sp³-hybridized carbons (Fsp3) is 0.174. The summed E-state index contributed by atoms with van der Waals surface area (Å²) in [7, 11) is 1.64. The van der Waals surface area contributed by atoms with E-state index in [1.807, 2.05) is 40.2 Å². The third-order valence-corrected chi connectivity index (χ3v) is 5.63. The van der Waals surface area contributed by atoms with Crippen molar-refractivity contribution in [3.05, 3.63) is 65.8 Å². The number of imidazole rings is 1. The molecule has 0 saturated heterocycles. The maximum atomic E-state index is 12.4. The van der Waals surface area contributed by atoms with Crippen molar-refractivity contribution in [1.82, 2.24) is 9.38 Å². The Morgan fingerprint density at radius 3 is 2.55 bits per heavy atom. The topological polar surface area (TPSA) is 84.7 Å². The molecule has 2 amide bonds. The number of aryl methyl sites for hydroxylation is 1. The number of methoxy groups -OCH3 is 1. The number of hydrogen-bond donors (Lipinski definition) is 2. The summed E-state index contributed by atoms with van der Waals surface area (Å²) in [6.45, 7) is 1.45. The Hall–Kier alpha value is -3.65. The third kappa shape index (κ3) is 4.92. The lowest BCUT2D eigenvalue weighted by atomic mass is 10.1. The highest BCUT2D eigenvalue weighted by molar-refractivity contribution is 7.15. The third-order valence-electron chi connectivity index (χ3n) is 4.74. The molecule has 0 bridgehead atoms. The summed E-state index contributed by atoms with van der Waals surface area (Å²) in [4.78, 5) is 29.2. The summed E-state index contributed by atoms with van der Waals surface area (Å²) in [6.07, 6.45) is 2.93. The van der Waals surface area contributed by atoms with Gasteiger partial charge in [0.1, 0.15) is 5.75 Å². The molecule has 0 saturated carbocycles. The van der Waals surface area contributed by atoms with Crippen LogP contribution in [-0.2, 0) is 16.0 Å². The van der Waals surface area contributed by atoms with Crippen molar-refractivity contribution in [2.24, 2.45) is 0 Å². The highest BCUT2D eigenvalue weighted by atomic mass is 32.1. The average Bonchev–Trinajstić information content (AvgIpc) is 3.33. The zero-order valence-electron chi connectivity index (χ0n) is 17.2. The van der Waals surface area contributed by atoms with Gasteiger partial charge in [0.15, 0.2) is 4.96 Å². The summed E-state index contributed by atoms with van der Waals surface area (Å²) in [5.74, 6) is 0.563. The van der Waals surface area contributed by atoms with Gasteiger partial charge in [-0.2, -0.15) is 0 Å². The largest absolute Gasteiger partial charge is 0.497 e. The van der Waals surface area contributed by atoms with Crippen molar-refractivity contribution >= 4 is 39.5 Å². The minimum Gasteiger partial charge on any atom is -0.497 e. The molecule has 2 aromatic carbocycles. The van der Waals surface area contributed by atoms with Gasteiger partial charge in [0.05, 0.1) is 12.8 Å². The van der Waals surface area contributed by atoms with Crippen LogP contribution in [0.15, 0.2) is 60.1 Å². The standard InChI is InChI=1S/C23H22N4O3S/c1-15(28)24-17-4-3-5-18(12-17)25-22(29)11-8-19-14-31-23-26-21(13-27(19)23)16-6-9-20(30-2)10-7-16/h3-7,9-10,12-14H,8,11H2,1-2H3,(H,24,28)(H,25,29). The molecule has 7 nitrogen and oxygen atoms in total. The van der Waals surface area contributed by atoms with Gasteiger partial charge in [-0.3, -0.25) is 14.0 Å². The number of nitrogens with zero attached hydrogens (tertiary/aromatic N) is 2. The van der Waals surface area contributed by atoms with Gasteiger partial charge in [0, 0.05) is 47.6 Å². The van der Waals surface area contributed by atoms with E-state index in [-0.39, 0.29) is 11.8 Å². The summed E-state index contributed by atoms with van der Waals surface area (Å²) < 4.78 is 7.25. The van der Waals surface area contributed by atoms with Gasteiger partial charge in [-0.1, -0.05) is 6.07 Å². The second-order valence-corrected chi connectivity index (χ2v) is 7.88. The Morgan fingerprint density at radius 1 is 1.10 bits per heavy atom. The number of thiazole rings is 1. The number of anilines is 2. The monoisotopic (exact) mass is 434 g/mol. The molecule has 4 aromatic rings. The zero-order valence-corrected chi connectivity index (χ0v) is 18.0. The number of ether oxygens (including phenoxy) is 1. The van der Waals surface area contributed by atoms with Crippen LogP contribution in [0.25, 0.3) is 16.2 Å². The molecular weight excluding hydrogens is 412 g/mol. The van der Waals surface area contributed by atoms with Crippen LogP contribution in [0.3, 0.4) is 0 Å². The van der Waals surface area contributed by atoms with Crippen molar-refractivity contribution in [2.75, 3.05) is 17.7 Å². The molecule has 0 aliphatic heterocycles. The van der Waals surface area contributed by atoms with E-state index in [2.05, 4.69) is 10.6 Å². The number of benzene rings is 2. The van der Waals surface area contributed by atoms with Crippen LogP contribution >= 0.6 is 11.3 Å². The summed E-state index contributed by atoms with van der Waals surface area (Å²) in [6, 6.07) is 14.9. The minimum absolute atomic E-state index is 0.0881. The van der Waals surface area contributed by atoms with Crippen LogP contribution in [0.4, 0.5) is 11.4 Å². The lowest BCUT2D eigenvalue weighted by molar-refractivity contribution is -0.116. The molecule has 0 aliphatic rings. The normalized spacial score (nSPS) is 10.8. The van der Waals surface area contributed by atoms with E-state index in [1.54, 1.807) is 42.7 Å². The van der Waals surface area contributed by atoms with Crippen LogP contribution in [0.5, 0.6) is 5.75 Å². The average molecular weight is 435 g/mol. The zero-order chi connectivity index (χ0) is 21.8. The maximum Gasteiger partial charge on any atom is 0.224 e. The van der Waals surface area contributed by atoms with Gasteiger partial charge >= 0.3 is 0 Å². The number of carbonyl (C=O) groups excluding carboxylic acids is 2. The molecule has 2 N–H and O–H groups in total. The van der Waals surface area contributed by atoms with E-state index in [0.717, 1.165) is 27.7 Å². The van der Waals surface area contributed by atoms with Gasteiger partial charge in [-0.05, 0) is 48.9 Å². The number of carbonyl (C=O) groups is 2. The van der Waals surface area contributed by atoms with Crippen molar-refractivity contribution in [2.45, 2.75) is 19.8 Å². The first-order valence-corrected chi connectivity index (χ1v) is 10.7. The summed E-state index contributed by atoms with van der Waals surface area (Å²) >= 11 is 1.56. The van der Waals surface area contributed by atoms with E-state index in [9.17, 15) is 9.59 Å². The summed E-state index contributed by atoms with van der Waals surface area (Å²) in [5, 5.41) is 7.63. The van der Waals surface area contributed by atoms with Crippen molar-refractivity contribution < 1.29 is 14.3 Å². The first-order valence-electron chi connectivity index (χ1n) is 9.79. The molecule has 0 atom stereocenters. The van der Waals surface area contributed by atoms with Gasteiger partial charge in [-0.15, -0.1) is 11.3 Å². The highest BCUT2D eigenvalue weighted by Crippen LogP contribution is 2.26. The predicted octanol–water partition coefficient (Wildman–Crippen LogP) is 4.60. The molecule has 0 aliphatic carbocycles. The minimum atomic E-state index is -0.153. The molecule has 0 fully saturated rings. The lowest BCUT2D eigenvalue weighted by Gasteiger charge is -2.08. The van der Waals surface area contributed by atoms with E-state index >= 15 is 0 Å². The van der Waals surface area contributed by atoms with Gasteiger partial charge in [-0.25, -0.2) is 4.98 Å². The fourth-order valence-electron chi connectivity index (χ4n) is 3.25. The number of aromatic nitrogens is 2. The molecular formula is C23H22N4O3S. The second kappa shape index (κ2) is 9.01. The molecule has 8 heteroatoms. The smallest absolute Gasteiger partial charge is 0.224 e. The SMILES string of the molecule is COc1ccc(-c2cn3c(CCC(=O)Nc4cccc(NC(C)=O)c4)csc3n2)cc1. The first-order chi connectivity index (χ1) is 15.0. The van der Waals surface area contributed by atoms with Crippen LogP contribution in [0.2, 0.25) is 0 Å². The Bertz CT molecular complexity index is 1230.